The summed E-state index contributed by atoms with van der Waals surface area (Å²) >= 11 is 0. The lowest BCUT2D eigenvalue weighted by Crippen LogP contribution is -2.34. The number of carboxylic acids is 3. The Labute approximate surface area is 259 Å². The van der Waals surface area contributed by atoms with Gasteiger partial charge in [0, 0.05) is 53.4 Å². The summed E-state index contributed by atoms with van der Waals surface area (Å²) in [4.78, 5) is 82.6. The zero-order valence-electron chi connectivity index (χ0n) is 25.1. The van der Waals surface area contributed by atoms with Gasteiger partial charge in [0.1, 0.15) is 0 Å². The molecule has 1 aliphatic rings. The molecule has 234 valence electrons. The first-order valence-electron chi connectivity index (χ1n) is 14.5. The minimum Gasteiger partial charge on any atom is -0.478 e. The number of rotatable bonds is 9. The lowest BCUT2D eigenvalue weighted by atomic mass is 10.0. The Morgan fingerprint density at radius 1 is 0.467 bits per heavy atom. The number of carbonyl (C=O) groups excluding carboxylic acids is 3. The van der Waals surface area contributed by atoms with Gasteiger partial charge in [-0.1, -0.05) is 20.8 Å². The van der Waals surface area contributed by atoms with E-state index in [4.69, 9.17) is 0 Å². The summed E-state index contributed by atoms with van der Waals surface area (Å²) in [6, 6.07) is 11.4. The first kappa shape index (κ1) is 32.4. The molecule has 4 rings (SSSR count). The highest BCUT2D eigenvalue weighted by Crippen LogP contribution is 2.30. The summed E-state index contributed by atoms with van der Waals surface area (Å²) in [5, 5.41) is 29.8. The molecule has 0 atom stereocenters. The Kier molecular flexibility index (Phi) is 9.66. The van der Waals surface area contributed by atoms with Crippen LogP contribution in [-0.2, 0) is 0 Å². The van der Waals surface area contributed by atoms with Gasteiger partial charge in [0.2, 0.25) is 0 Å². The van der Waals surface area contributed by atoms with E-state index in [0.717, 1.165) is 0 Å². The molecule has 3 aromatic carbocycles. The lowest BCUT2D eigenvalue weighted by molar-refractivity contribution is 0.0685. The molecule has 45 heavy (non-hydrogen) atoms. The number of anilines is 3. The van der Waals surface area contributed by atoms with E-state index in [1.54, 1.807) is 20.8 Å². The van der Waals surface area contributed by atoms with Crippen molar-refractivity contribution in [2.24, 2.45) is 0 Å². The van der Waals surface area contributed by atoms with Crippen LogP contribution in [0.3, 0.4) is 0 Å². The van der Waals surface area contributed by atoms with Crippen LogP contribution < -0.4 is 14.7 Å². The molecular formula is C33H33N3O9. The number of hydrogen-bond donors (Lipinski definition) is 3. The van der Waals surface area contributed by atoms with E-state index in [0.29, 0.717) is 19.3 Å². The van der Waals surface area contributed by atoms with Crippen molar-refractivity contribution in [3.8, 4) is 0 Å². The van der Waals surface area contributed by atoms with Crippen LogP contribution in [0, 0.1) is 0 Å². The van der Waals surface area contributed by atoms with E-state index in [-0.39, 0.29) is 70.1 Å². The van der Waals surface area contributed by atoms with Gasteiger partial charge in [-0.15, -0.1) is 0 Å². The number of carboxylic acid groups (broad SMARTS) is 3. The van der Waals surface area contributed by atoms with Gasteiger partial charge in [-0.05, 0) is 73.9 Å². The highest BCUT2D eigenvalue weighted by atomic mass is 16.4. The summed E-state index contributed by atoms with van der Waals surface area (Å²) in [5.74, 6) is -6.04. The molecule has 0 fully saturated rings. The van der Waals surface area contributed by atoms with E-state index >= 15 is 0 Å². The van der Waals surface area contributed by atoms with Crippen LogP contribution >= 0.6 is 0 Å². The molecule has 12 heteroatoms. The van der Waals surface area contributed by atoms with Gasteiger partial charge >= 0.3 is 17.9 Å². The van der Waals surface area contributed by atoms with E-state index < -0.39 is 35.6 Å². The maximum Gasteiger partial charge on any atom is 0.335 e. The van der Waals surface area contributed by atoms with Crippen molar-refractivity contribution < 1.29 is 44.1 Å². The number of nitrogens with zero attached hydrogens (tertiary/aromatic N) is 3. The fourth-order valence-electron chi connectivity index (χ4n) is 5.22. The number of aromatic carboxylic acids is 3. The third-order valence-corrected chi connectivity index (χ3v) is 7.25. The summed E-state index contributed by atoms with van der Waals surface area (Å²) < 4.78 is 0. The van der Waals surface area contributed by atoms with Crippen LogP contribution in [-0.4, -0.2) is 70.6 Å². The second-order valence-electron chi connectivity index (χ2n) is 10.6. The summed E-state index contributed by atoms with van der Waals surface area (Å²) in [6.45, 7) is 5.69. The third kappa shape index (κ3) is 6.69. The van der Waals surface area contributed by atoms with Gasteiger partial charge in [0.25, 0.3) is 17.7 Å². The molecule has 0 radical (unpaired) electrons. The number of benzene rings is 3. The zero-order valence-corrected chi connectivity index (χ0v) is 25.1. The average molecular weight is 616 g/mol. The zero-order chi connectivity index (χ0) is 33.0. The van der Waals surface area contributed by atoms with Crippen LogP contribution in [0.1, 0.15) is 102 Å². The predicted molar refractivity (Wildman–Crippen MR) is 166 cm³/mol. The summed E-state index contributed by atoms with van der Waals surface area (Å²) in [5.41, 5.74) is -0.755. The standard InChI is InChI=1S/C33H33N3O9/c1-4-7-34-25-13-20(11-22(16-25)31(40)41)29(38)36(9-6-3)27-15-21(12-24(18-27)33(44)45)30(39)35(8-5-2)26-14-19(28(34)37)10-23(17-26)32(42)43/h10-18H,4-9H2,1-3H3,(H,40,41)(H,42,43)(H,44,45). The molecule has 3 aromatic rings. The van der Waals surface area contributed by atoms with Crippen molar-refractivity contribution in [2.75, 3.05) is 34.3 Å². The maximum absolute atomic E-state index is 14.1. The fourth-order valence-corrected chi connectivity index (χ4v) is 5.22. The number of amides is 3. The van der Waals surface area contributed by atoms with E-state index in [1.807, 2.05) is 0 Å². The largest absolute Gasteiger partial charge is 0.478 e. The van der Waals surface area contributed by atoms with E-state index in [2.05, 4.69) is 0 Å². The number of fused-ring (bicyclic) bond motifs is 6. The average Bonchev–Trinajstić information content (AvgIpc) is 3.02. The van der Waals surface area contributed by atoms with Crippen molar-refractivity contribution in [1.29, 1.82) is 0 Å². The van der Waals surface area contributed by atoms with Gasteiger partial charge in [-0.25, -0.2) is 14.4 Å². The van der Waals surface area contributed by atoms with Crippen molar-refractivity contribution in [1.82, 2.24) is 0 Å². The van der Waals surface area contributed by atoms with Crippen molar-refractivity contribution >= 4 is 52.7 Å². The van der Waals surface area contributed by atoms with Gasteiger partial charge in [0.15, 0.2) is 0 Å². The second kappa shape index (κ2) is 13.4. The molecule has 1 heterocycles. The molecule has 1 aliphatic heterocycles. The predicted octanol–water partition coefficient (Wildman–Crippen LogP) is 5.27. The fraction of sp³-hybridized carbons (Fsp3) is 0.273. The molecule has 0 aliphatic carbocycles. The molecule has 3 N–H and O–H groups in total. The van der Waals surface area contributed by atoms with Gasteiger partial charge in [-0.2, -0.15) is 0 Å². The number of hydrogen-bond acceptors (Lipinski definition) is 6. The monoisotopic (exact) mass is 615 g/mol. The number of carbonyl (C=O) groups is 6. The highest BCUT2D eigenvalue weighted by molar-refractivity contribution is 6.14. The molecule has 6 bridgehead atoms. The van der Waals surface area contributed by atoms with E-state index in [9.17, 15) is 44.1 Å². The highest BCUT2D eigenvalue weighted by Gasteiger charge is 2.29. The Morgan fingerprint density at radius 3 is 0.911 bits per heavy atom. The smallest absolute Gasteiger partial charge is 0.335 e. The molecule has 0 aromatic heterocycles. The van der Waals surface area contributed by atoms with Crippen LogP contribution in [0.25, 0.3) is 0 Å². The van der Waals surface area contributed by atoms with Crippen molar-refractivity contribution in [2.45, 2.75) is 40.0 Å². The molecule has 0 saturated heterocycles. The SMILES string of the molecule is CCCN1C(=O)c2cc(C(=O)O)cc(c2)N(CCC)C(=O)c2cc(C(=O)O)cc(c2)N(CCC)C(=O)c2cc(C(=O)O)cc1c2. The van der Waals surface area contributed by atoms with Crippen LogP contribution in [0.4, 0.5) is 17.1 Å². The van der Waals surface area contributed by atoms with Gasteiger partial charge in [-0.3, -0.25) is 14.4 Å². The van der Waals surface area contributed by atoms with Crippen molar-refractivity contribution in [3.05, 3.63) is 88.0 Å². The Morgan fingerprint density at radius 2 is 0.711 bits per heavy atom. The van der Waals surface area contributed by atoms with Crippen LogP contribution in [0.15, 0.2) is 54.6 Å². The van der Waals surface area contributed by atoms with Gasteiger partial charge < -0.3 is 30.0 Å². The normalized spacial score (nSPS) is 13.4. The molecule has 0 spiro atoms. The minimum absolute atomic E-state index is 0.0803. The Hall–Kier alpha value is -5.52. The molecule has 0 saturated carbocycles. The molecule has 0 unspecified atom stereocenters. The Balaban J connectivity index is 2.15. The van der Waals surface area contributed by atoms with Crippen LogP contribution in [0.5, 0.6) is 0 Å². The first-order valence-corrected chi connectivity index (χ1v) is 14.5. The van der Waals surface area contributed by atoms with Crippen LogP contribution in [0.2, 0.25) is 0 Å². The second-order valence-corrected chi connectivity index (χ2v) is 10.6. The minimum atomic E-state index is -1.35. The van der Waals surface area contributed by atoms with Crippen molar-refractivity contribution in [3.63, 3.8) is 0 Å². The lowest BCUT2D eigenvalue weighted by Gasteiger charge is -2.26. The first-order chi connectivity index (χ1) is 21.4. The van der Waals surface area contributed by atoms with E-state index in [1.165, 1.54) is 69.3 Å². The summed E-state index contributed by atoms with van der Waals surface area (Å²) in [7, 11) is 0. The topological polar surface area (TPSA) is 173 Å². The maximum atomic E-state index is 14.1. The Bertz CT molecular complexity index is 1520. The quantitative estimate of drug-likeness (QED) is 0.290. The van der Waals surface area contributed by atoms with Gasteiger partial charge in [0.05, 0.1) is 16.7 Å². The molecular weight excluding hydrogens is 582 g/mol. The third-order valence-electron chi connectivity index (χ3n) is 7.25. The molecule has 12 nitrogen and oxygen atoms in total. The summed E-state index contributed by atoms with van der Waals surface area (Å²) in [6.07, 6.45) is 1.30. The molecule has 3 amide bonds.